The SMILES string of the molecule is CC(C1=NC=NC1Cc1ccc(C#N)cc1)N1CCN(c2cccc(Cl)c2)C(=O)C1. The van der Waals surface area contributed by atoms with Crippen LogP contribution in [-0.4, -0.2) is 54.6 Å². The number of nitrogens with zero attached hydrogens (tertiary/aromatic N) is 5. The third-order valence-electron chi connectivity index (χ3n) is 5.65. The van der Waals surface area contributed by atoms with Crippen molar-refractivity contribution < 1.29 is 4.79 Å². The number of amides is 1. The summed E-state index contributed by atoms with van der Waals surface area (Å²) >= 11 is 6.08. The van der Waals surface area contributed by atoms with E-state index in [2.05, 4.69) is 27.9 Å². The molecule has 2 aliphatic heterocycles. The minimum atomic E-state index is -0.0472. The second kappa shape index (κ2) is 8.78. The van der Waals surface area contributed by atoms with Crippen LogP contribution in [0.5, 0.6) is 0 Å². The van der Waals surface area contributed by atoms with Crippen LogP contribution in [0.15, 0.2) is 58.5 Å². The highest BCUT2D eigenvalue weighted by Gasteiger charge is 2.33. The Balaban J connectivity index is 1.41. The molecule has 2 aromatic rings. The molecule has 2 aromatic carbocycles. The van der Waals surface area contributed by atoms with Crippen LogP contribution in [0, 0.1) is 11.3 Å². The van der Waals surface area contributed by atoms with Crippen molar-refractivity contribution in [3.05, 3.63) is 64.7 Å². The number of halogens is 1. The monoisotopic (exact) mass is 419 g/mol. The first-order valence-electron chi connectivity index (χ1n) is 9.93. The molecular weight excluding hydrogens is 398 g/mol. The molecule has 2 atom stereocenters. The van der Waals surface area contributed by atoms with Gasteiger partial charge in [-0.25, -0.2) is 4.99 Å². The zero-order chi connectivity index (χ0) is 21.1. The number of carbonyl (C=O) groups is 1. The van der Waals surface area contributed by atoms with Crippen molar-refractivity contribution >= 4 is 35.2 Å². The van der Waals surface area contributed by atoms with Crippen molar-refractivity contribution in [1.82, 2.24) is 4.90 Å². The van der Waals surface area contributed by atoms with E-state index in [0.717, 1.165) is 29.9 Å². The molecule has 2 unspecified atom stereocenters. The zero-order valence-corrected chi connectivity index (χ0v) is 17.5. The summed E-state index contributed by atoms with van der Waals surface area (Å²) in [6.45, 7) is 3.78. The number of carbonyl (C=O) groups excluding carboxylic acids is 1. The van der Waals surface area contributed by atoms with E-state index in [4.69, 9.17) is 16.9 Å². The van der Waals surface area contributed by atoms with Gasteiger partial charge in [-0.3, -0.25) is 14.7 Å². The predicted molar refractivity (Wildman–Crippen MR) is 119 cm³/mol. The number of nitriles is 1. The molecular formula is C23H22ClN5O. The van der Waals surface area contributed by atoms with E-state index >= 15 is 0 Å². The van der Waals surface area contributed by atoms with Crippen molar-refractivity contribution in [2.45, 2.75) is 25.4 Å². The third kappa shape index (κ3) is 4.28. The summed E-state index contributed by atoms with van der Waals surface area (Å²) in [5, 5.41) is 9.59. The minimum absolute atomic E-state index is 0.0151. The second-order valence-corrected chi connectivity index (χ2v) is 7.96. The average molecular weight is 420 g/mol. The lowest BCUT2D eigenvalue weighted by Gasteiger charge is -2.38. The van der Waals surface area contributed by atoms with Crippen molar-refractivity contribution in [2.75, 3.05) is 24.5 Å². The van der Waals surface area contributed by atoms with Gasteiger partial charge in [-0.2, -0.15) is 5.26 Å². The summed E-state index contributed by atoms with van der Waals surface area (Å²) in [6.07, 6.45) is 2.34. The van der Waals surface area contributed by atoms with Crippen LogP contribution in [0.1, 0.15) is 18.1 Å². The number of piperazine rings is 1. The molecule has 2 aliphatic rings. The fraction of sp³-hybridized carbons (Fsp3) is 0.304. The van der Waals surface area contributed by atoms with Gasteiger partial charge in [-0.05, 0) is 42.8 Å². The normalized spacial score (nSPS) is 20.2. The molecule has 0 aromatic heterocycles. The van der Waals surface area contributed by atoms with Crippen LogP contribution in [-0.2, 0) is 11.2 Å². The van der Waals surface area contributed by atoms with Gasteiger partial charge < -0.3 is 4.90 Å². The fourth-order valence-corrected chi connectivity index (χ4v) is 4.14. The van der Waals surface area contributed by atoms with E-state index in [1.807, 2.05) is 42.5 Å². The Kier molecular flexibility index (Phi) is 5.93. The molecule has 1 amide bonds. The molecule has 0 bridgehead atoms. The number of rotatable bonds is 5. The smallest absolute Gasteiger partial charge is 0.241 e. The Labute approximate surface area is 181 Å². The molecule has 0 saturated carbocycles. The van der Waals surface area contributed by atoms with Gasteiger partial charge in [0.1, 0.15) is 6.34 Å². The van der Waals surface area contributed by atoms with E-state index in [1.165, 1.54) is 0 Å². The van der Waals surface area contributed by atoms with Crippen molar-refractivity contribution in [3.8, 4) is 6.07 Å². The van der Waals surface area contributed by atoms with Crippen LogP contribution in [0.3, 0.4) is 0 Å². The van der Waals surface area contributed by atoms with E-state index in [9.17, 15) is 4.79 Å². The van der Waals surface area contributed by atoms with Crippen LogP contribution < -0.4 is 4.90 Å². The number of hydrogen-bond acceptors (Lipinski definition) is 5. The molecule has 2 heterocycles. The fourth-order valence-electron chi connectivity index (χ4n) is 3.95. The quantitative estimate of drug-likeness (QED) is 0.746. The first-order valence-corrected chi connectivity index (χ1v) is 10.3. The highest BCUT2D eigenvalue weighted by molar-refractivity contribution is 6.30. The minimum Gasteiger partial charge on any atom is -0.310 e. The maximum Gasteiger partial charge on any atom is 0.241 e. The van der Waals surface area contributed by atoms with Crippen LogP contribution in [0.25, 0.3) is 0 Å². The van der Waals surface area contributed by atoms with Gasteiger partial charge in [0, 0.05) is 36.3 Å². The van der Waals surface area contributed by atoms with E-state index < -0.39 is 0 Å². The van der Waals surface area contributed by atoms with Crippen LogP contribution >= 0.6 is 11.6 Å². The second-order valence-electron chi connectivity index (χ2n) is 7.52. The lowest BCUT2D eigenvalue weighted by atomic mass is 9.97. The molecule has 0 spiro atoms. The Bertz CT molecular complexity index is 1040. The maximum atomic E-state index is 12.8. The van der Waals surface area contributed by atoms with Gasteiger partial charge in [0.15, 0.2) is 0 Å². The van der Waals surface area contributed by atoms with Gasteiger partial charge in [-0.1, -0.05) is 29.8 Å². The average Bonchev–Trinajstić information content (AvgIpc) is 3.21. The molecule has 4 rings (SSSR count). The summed E-state index contributed by atoms with van der Waals surface area (Å²) < 4.78 is 0. The molecule has 0 radical (unpaired) electrons. The summed E-state index contributed by atoms with van der Waals surface area (Å²) in [6, 6.07) is 17.1. The molecule has 1 fully saturated rings. The van der Waals surface area contributed by atoms with E-state index in [1.54, 1.807) is 17.3 Å². The summed E-state index contributed by atoms with van der Waals surface area (Å²) in [7, 11) is 0. The highest BCUT2D eigenvalue weighted by Crippen LogP contribution is 2.23. The first-order chi connectivity index (χ1) is 14.5. The molecule has 30 heavy (non-hydrogen) atoms. The molecule has 0 N–H and O–H groups in total. The summed E-state index contributed by atoms with van der Waals surface area (Å²) in [5.74, 6) is 0.0542. The Morgan fingerprint density at radius 3 is 2.73 bits per heavy atom. The van der Waals surface area contributed by atoms with Gasteiger partial charge in [-0.15, -0.1) is 0 Å². The number of benzene rings is 2. The van der Waals surface area contributed by atoms with Gasteiger partial charge >= 0.3 is 0 Å². The number of hydrogen-bond donors (Lipinski definition) is 0. The highest BCUT2D eigenvalue weighted by atomic mass is 35.5. The lowest BCUT2D eigenvalue weighted by molar-refractivity contribution is -0.121. The van der Waals surface area contributed by atoms with Gasteiger partial charge in [0.05, 0.1) is 29.9 Å². The van der Waals surface area contributed by atoms with E-state index in [0.29, 0.717) is 23.7 Å². The molecule has 152 valence electrons. The van der Waals surface area contributed by atoms with Gasteiger partial charge in [0.2, 0.25) is 5.91 Å². The largest absolute Gasteiger partial charge is 0.310 e. The first kappa shape index (κ1) is 20.3. The topological polar surface area (TPSA) is 72.1 Å². The standard InChI is InChI=1S/C23H22ClN5O/c1-16(23-21(26-15-27-23)11-17-5-7-18(13-25)8-6-17)28-9-10-29(22(30)14-28)20-4-2-3-19(24)12-20/h2-8,12,15-16,21H,9-11,14H2,1H3. The molecule has 6 nitrogen and oxygen atoms in total. The van der Waals surface area contributed by atoms with Crippen molar-refractivity contribution in [1.29, 1.82) is 5.26 Å². The Morgan fingerprint density at radius 2 is 2.03 bits per heavy atom. The van der Waals surface area contributed by atoms with Crippen molar-refractivity contribution in [3.63, 3.8) is 0 Å². The number of anilines is 1. The molecule has 1 saturated heterocycles. The van der Waals surface area contributed by atoms with Crippen LogP contribution in [0.2, 0.25) is 5.02 Å². The number of aliphatic imine (C=N–C) groups is 2. The lowest BCUT2D eigenvalue weighted by Crippen LogP contribution is -2.55. The van der Waals surface area contributed by atoms with Gasteiger partial charge in [0.25, 0.3) is 0 Å². The summed E-state index contributed by atoms with van der Waals surface area (Å²) in [5.41, 5.74) is 3.57. The zero-order valence-electron chi connectivity index (χ0n) is 16.7. The van der Waals surface area contributed by atoms with Crippen LogP contribution in [0.4, 0.5) is 5.69 Å². The molecule has 7 heteroatoms. The maximum absolute atomic E-state index is 12.8. The Hall–Kier alpha value is -3.01. The predicted octanol–water partition coefficient (Wildman–Crippen LogP) is 3.34. The van der Waals surface area contributed by atoms with Crippen molar-refractivity contribution in [2.24, 2.45) is 9.98 Å². The van der Waals surface area contributed by atoms with E-state index in [-0.39, 0.29) is 18.0 Å². The summed E-state index contributed by atoms with van der Waals surface area (Å²) in [4.78, 5) is 25.8. The molecule has 0 aliphatic carbocycles. The Morgan fingerprint density at radius 1 is 1.23 bits per heavy atom. The third-order valence-corrected chi connectivity index (χ3v) is 5.89.